The van der Waals surface area contributed by atoms with E-state index >= 15 is 0 Å². The van der Waals surface area contributed by atoms with E-state index in [-0.39, 0.29) is 11.7 Å². The first-order valence-electron chi connectivity index (χ1n) is 7.53. The van der Waals surface area contributed by atoms with Gasteiger partial charge in [-0.2, -0.15) is 0 Å². The molecule has 23 heavy (non-hydrogen) atoms. The van der Waals surface area contributed by atoms with Gasteiger partial charge in [0.1, 0.15) is 5.75 Å². The standard InChI is InChI=1S/C18H19NO4/c1-22-16-9-10-23-17-14(16)3-2-4-15(17)19-11-12-5-7-13(8-6-12)18(20)21/h2-8,16,19H,9-11H2,1H3,(H,20,21). The number of hydrogen-bond acceptors (Lipinski definition) is 4. The second-order valence-corrected chi connectivity index (χ2v) is 5.44. The zero-order valence-corrected chi connectivity index (χ0v) is 12.9. The van der Waals surface area contributed by atoms with Gasteiger partial charge in [-0.05, 0) is 23.8 Å². The Morgan fingerprint density at radius 1 is 1.30 bits per heavy atom. The summed E-state index contributed by atoms with van der Waals surface area (Å²) in [6, 6.07) is 12.8. The zero-order chi connectivity index (χ0) is 16.2. The number of methoxy groups -OCH3 is 1. The summed E-state index contributed by atoms with van der Waals surface area (Å²) in [4.78, 5) is 10.9. The maximum Gasteiger partial charge on any atom is 0.335 e. The molecular formula is C18H19NO4. The van der Waals surface area contributed by atoms with Gasteiger partial charge in [-0.1, -0.05) is 24.3 Å². The van der Waals surface area contributed by atoms with Gasteiger partial charge in [-0.15, -0.1) is 0 Å². The van der Waals surface area contributed by atoms with Gasteiger partial charge in [0.2, 0.25) is 0 Å². The molecule has 0 amide bonds. The summed E-state index contributed by atoms with van der Waals surface area (Å²) in [6.07, 6.45) is 0.916. The van der Waals surface area contributed by atoms with E-state index in [1.54, 1.807) is 19.2 Å². The number of anilines is 1. The van der Waals surface area contributed by atoms with Crippen LogP contribution in [0.3, 0.4) is 0 Å². The van der Waals surface area contributed by atoms with Crippen LogP contribution in [0.25, 0.3) is 0 Å². The van der Waals surface area contributed by atoms with E-state index in [1.807, 2.05) is 30.3 Å². The van der Waals surface area contributed by atoms with Crippen molar-refractivity contribution < 1.29 is 19.4 Å². The highest BCUT2D eigenvalue weighted by molar-refractivity contribution is 5.87. The van der Waals surface area contributed by atoms with E-state index < -0.39 is 5.97 Å². The summed E-state index contributed by atoms with van der Waals surface area (Å²) in [5.74, 6) is -0.0756. The van der Waals surface area contributed by atoms with E-state index in [2.05, 4.69) is 5.32 Å². The number of hydrogen-bond donors (Lipinski definition) is 2. The monoisotopic (exact) mass is 313 g/mol. The largest absolute Gasteiger partial charge is 0.491 e. The summed E-state index contributed by atoms with van der Waals surface area (Å²) < 4.78 is 11.3. The Bertz CT molecular complexity index is 697. The number of benzene rings is 2. The summed E-state index contributed by atoms with van der Waals surface area (Å²) in [5, 5.41) is 12.3. The van der Waals surface area contributed by atoms with Crippen LogP contribution < -0.4 is 10.1 Å². The molecule has 3 rings (SSSR count). The van der Waals surface area contributed by atoms with Crippen molar-refractivity contribution in [3.63, 3.8) is 0 Å². The Balaban J connectivity index is 1.75. The van der Waals surface area contributed by atoms with Crippen molar-refractivity contribution >= 4 is 11.7 Å². The smallest absolute Gasteiger partial charge is 0.335 e. The molecule has 0 aromatic heterocycles. The quantitative estimate of drug-likeness (QED) is 0.884. The van der Waals surface area contributed by atoms with Crippen LogP contribution in [0.1, 0.15) is 34.0 Å². The van der Waals surface area contributed by atoms with Crippen LogP contribution in [0.15, 0.2) is 42.5 Å². The van der Waals surface area contributed by atoms with Crippen LogP contribution >= 0.6 is 0 Å². The van der Waals surface area contributed by atoms with Gasteiger partial charge in [-0.3, -0.25) is 0 Å². The third-order valence-electron chi connectivity index (χ3n) is 3.99. The Morgan fingerprint density at radius 3 is 2.78 bits per heavy atom. The van der Waals surface area contributed by atoms with E-state index in [4.69, 9.17) is 14.6 Å². The second-order valence-electron chi connectivity index (χ2n) is 5.44. The van der Waals surface area contributed by atoms with Crippen LogP contribution in [0, 0.1) is 0 Å². The molecule has 1 atom stereocenters. The topological polar surface area (TPSA) is 67.8 Å². The average Bonchev–Trinajstić information content (AvgIpc) is 2.59. The molecule has 1 aliphatic heterocycles. The van der Waals surface area contributed by atoms with Crippen LogP contribution in [-0.2, 0) is 11.3 Å². The lowest BCUT2D eigenvalue weighted by molar-refractivity contribution is 0.0639. The minimum absolute atomic E-state index is 0.0651. The van der Waals surface area contributed by atoms with Crippen LogP contribution in [-0.4, -0.2) is 24.8 Å². The number of nitrogens with one attached hydrogen (secondary N) is 1. The number of aromatic carboxylic acids is 1. The first-order valence-corrected chi connectivity index (χ1v) is 7.53. The highest BCUT2D eigenvalue weighted by Gasteiger charge is 2.23. The fourth-order valence-corrected chi connectivity index (χ4v) is 2.74. The molecule has 0 fully saturated rings. The van der Waals surface area contributed by atoms with Gasteiger partial charge in [0.05, 0.1) is 24.0 Å². The van der Waals surface area contributed by atoms with Gasteiger partial charge in [0.15, 0.2) is 0 Å². The van der Waals surface area contributed by atoms with Crippen molar-refractivity contribution in [1.82, 2.24) is 0 Å². The summed E-state index contributed by atoms with van der Waals surface area (Å²) in [5.41, 5.74) is 3.28. The lowest BCUT2D eigenvalue weighted by Gasteiger charge is -2.27. The molecule has 1 unspecified atom stereocenters. The fraction of sp³-hybridized carbons (Fsp3) is 0.278. The number of carboxylic acid groups (broad SMARTS) is 1. The Morgan fingerprint density at radius 2 is 2.09 bits per heavy atom. The predicted molar refractivity (Wildman–Crippen MR) is 87.0 cm³/mol. The molecule has 2 aromatic carbocycles. The maximum absolute atomic E-state index is 10.9. The summed E-state index contributed by atoms with van der Waals surface area (Å²) in [7, 11) is 1.71. The molecule has 5 heteroatoms. The fourth-order valence-electron chi connectivity index (χ4n) is 2.74. The highest BCUT2D eigenvalue weighted by atomic mass is 16.5. The Kier molecular flexibility index (Phi) is 4.48. The van der Waals surface area contributed by atoms with Gasteiger partial charge < -0.3 is 19.9 Å². The third kappa shape index (κ3) is 3.29. The molecule has 0 saturated carbocycles. The second kappa shape index (κ2) is 6.71. The van der Waals surface area contributed by atoms with Crippen molar-refractivity contribution in [3.05, 3.63) is 59.2 Å². The normalized spacial score (nSPS) is 16.3. The van der Waals surface area contributed by atoms with Crippen molar-refractivity contribution in [2.45, 2.75) is 19.1 Å². The predicted octanol–water partition coefficient (Wildman–Crippen LogP) is 3.47. The SMILES string of the molecule is COC1CCOc2c(NCc3ccc(C(=O)O)cc3)cccc21. The number of ether oxygens (including phenoxy) is 2. The molecular weight excluding hydrogens is 294 g/mol. The molecule has 1 heterocycles. The van der Waals surface area contributed by atoms with Gasteiger partial charge in [0, 0.05) is 25.6 Å². The zero-order valence-electron chi connectivity index (χ0n) is 12.9. The summed E-state index contributed by atoms with van der Waals surface area (Å²) in [6.45, 7) is 1.23. The minimum atomic E-state index is -0.916. The first-order chi connectivity index (χ1) is 11.2. The number of carboxylic acids is 1. The minimum Gasteiger partial charge on any atom is -0.491 e. The molecule has 0 radical (unpaired) electrons. The lowest BCUT2D eigenvalue weighted by atomic mass is 10.0. The van der Waals surface area contributed by atoms with Crippen molar-refractivity contribution in [2.24, 2.45) is 0 Å². The number of fused-ring (bicyclic) bond motifs is 1. The Labute approximate surface area is 134 Å². The molecule has 2 N–H and O–H groups in total. The molecule has 5 nitrogen and oxygen atoms in total. The Hall–Kier alpha value is -2.53. The molecule has 0 bridgehead atoms. The van der Waals surface area contributed by atoms with Crippen molar-refractivity contribution in [3.8, 4) is 5.75 Å². The molecule has 0 saturated heterocycles. The first kappa shape index (κ1) is 15.4. The van der Waals surface area contributed by atoms with Crippen LogP contribution in [0.4, 0.5) is 5.69 Å². The number of rotatable bonds is 5. The molecule has 0 aliphatic carbocycles. The van der Waals surface area contributed by atoms with Gasteiger partial charge >= 0.3 is 5.97 Å². The molecule has 0 spiro atoms. The van der Waals surface area contributed by atoms with Gasteiger partial charge in [-0.25, -0.2) is 4.79 Å². The molecule has 1 aliphatic rings. The third-order valence-corrected chi connectivity index (χ3v) is 3.99. The van der Waals surface area contributed by atoms with Gasteiger partial charge in [0.25, 0.3) is 0 Å². The van der Waals surface area contributed by atoms with Crippen molar-refractivity contribution in [2.75, 3.05) is 19.0 Å². The van der Waals surface area contributed by atoms with E-state index in [9.17, 15) is 4.79 Å². The van der Waals surface area contributed by atoms with E-state index in [0.717, 1.165) is 29.0 Å². The molecule has 120 valence electrons. The van der Waals surface area contributed by atoms with E-state index in [0.29, 0.717) is 13.2 Å². The lowest BCUT2D eigenvalue weighted by Crippen LogP contribution is -2.17. The van der Waals surface area contributed by atoms with Crippen molar-refractivity contribution in [1.29, 1.82) is 0 Å². The van der Waals surface area contributed by atoms with E-state index in [1.165, 1.54) is 0 Å². The average molecular weight is 313 g/mol. The number of para-hydroxylation sites is 1. The van der Waals surface area contributed by atoms with Crippen LogP contribution in [0.5, 0.6) is 5.75 Å². The summed E-state index contributed by atoms with van der Waals surface area (Å²) >= 11 is 0. The highest BCUT2D eigenvalue weighted by Crippen LogP contribution is 2.39. The van der Waals surface area contributed by atoms with Crippen LogP contribution in [0.2, 0.25) is 0 Å². The number of carbonyl (C=O) groups is 1. The molecule has 2 aromatic rings. The maximum atomic E-state index is 10.9.